The molecule has 0 atom stereocenters. The molecule has 1 heterocycles. The number of tetrazole rings is 1. The second kappa shape index (κ2) is 7.80. The summed E-state index contributed by atoms with van der Waals surface area (Å²) in [4.78, 5) is 0. The summed E-state index contributed by atoms with van der Waals surface area (Å²) in [6.45, 7) is 2.20. The number of nitrogens with one attached hydrogen (secondary N) is 2. The lowest BCUT2D eigenvalue weighted by atomic mass is 10.1. The molecule has 0 radical (unpaired) electrons. The fourth-order valence-electron chi connectivity index (χ4n) is 1.92. The van der Waals surface area contributed by atoms with E-state index in [2.05, 4.69) is 45.0 Å². The summed E-state index contributed by atoms with van der Waals surface area (Å²) in [5.41, 5.74) is 2.58. The number of allylic oxidation sites excluding steroid dienone is 1. The predicted octanol–water partition coefficient (Wildman–Crippen LogP) is 2.91. The van der Waals surface area contributed by atoms with Gasteiger partial charge in [-0.25, -0.2) is 0 Å². The van der Waals surface area contributed by atoms with Gasteiger partial charge in [0.25, 0.3) is 0 Å². The van der Waals surface area contributed by atoms with Crippen LogP contribution in [-0.2, 0) is 6.42 Å². The first-order valence-corrected chi connectivity index (χ1v) is 7.03. The van der Waals surface area contributed by atoms with Crippen LogP contribution in [0.15, 0.2) is 30.5 Å². The Labute approximate surface area is 123 Å². The Morgan fingerprint density at radius 1 is 1.33 bits per heavy atom. The zero-order chi connectivity index (χ0) is 14.9. The highest BCUT2D eigenvalue weighted by Crippen LogP contribution is 2.14. The molecular formula is C15H18N6. The van der Waals surface area contributed by atoms with Crippen molar-refractivity contribution in [2.24, 2.45) is 0 Å². The van der Waals surface area contributed by atoms with Crippen LogP contribution in [0.2, 0.25) is 0 Å². The number of aryl methyl sites for hydroxylation is 1. The second-order valence-corrected chi connectivity index (χ2v) is 4.70. The molecular weight excluding hydrogens is 264 g/mol. The SMILES string of the molecule is CCCCCc1ccc(NC=C(C#N)c2nn[nH]n2)cc1. The smallest absolute Gasteiger partial charge is 0.216 e. The van der Waals surface area contributed by atoms with Gasteiger partial charge in [0.1, 0.15) is 11.6 Å². The van der Waals surface area contributed by atoms with Crippen LogP contribution in [-0.4, -0.2) is 20.6 Å². The third-order valence-electron chi connectivity index (χ3n) is 3.11. The van der Waals surface area contributed by atoms with Crippen LogP contribution in [0.25, 0.3) is 5.57 Å². The molecule has 0 aliphatic carbocycles. The molecule has 6 heteroatoms. The lowest BCUT2D eigenvalue weighted by Gasteiger charge is -2.04. The van der Waals surface area contributed by atoms with Gasteiger partial charge in [0, 0.05) is 11.9 Å². The van der Waals surface area contributed by atoms with Crippen molar-refractivity contribution in [1.82, 2.24) is 20.6 Å². The van der Waals surface area contributed by atoms with E-state index < -0.39 is 0 Å². The molecule has 0 bridgehead atoms. The number of aromatic amines is 1. The van der Waals surface area contributed by atoms with E-state index >= 15 is 0 Å². The molecule has 0 saturated heterocycles. The van der Waals surface area contributed by atoms with Crippen molar-refractivity contribution in [3.8, 4) is 6.07 Å². The largest absolute Gasteiger partial charge is 0.360 e. The van der Waals surface area contributed by atoms with Crippen LogP contribution in [0, 0.1) is 11.3 Å². The molecule has 2 N–H and O–H groups in total. The highest BCUT2D eigenvalue weighted by molar-refractivity contribution is 5.73. The maximum absolute atomic E-state index is 9.06. The lowest BCUT2D eigenvalue weighted by molar-refractivity contribution is 0.717. The molecule has 108 valence electrons. The van der Waals surface area contributed by atoms with E-state index in [-0.39, 0.29) is 5.82 Å². The van der Waals surface area contributed by atoms with Crippen molar-refractivity contribution in [2.75, 3.05) is 5.32 Å². The zero-order valence-electron chi connectivity index (χ0n) is 12.0. The van der Waals surface area contributed by atoms with Crippen molar-refractivity contribution in [2.45, 2.75) is 32.6 Å². The van der Waals surface area contributed by atoms with Gasteiger partial charge >= 0.3 is 0 Å². The van der Waals surface area contributed by atoms with E-state index in [4.69, 9.17) is 5.26 Å². The van der Waals surface area contributed by atoms with E-state index in [0.29, 0.717) is 5.57 Å². The topological polar surface area (TPSA) is 90.3 Å². The summed E-state index contributed by atoms with van der Waals surface area (Å²) in [5.74, 6) is 0.279. The Morgan fingerprint density at radius 3 is 2.76 bits per heavy atom. The molecule has 0 saturated carbocycles. The highest BCUT2D eigenvalue weighted by atomic mass is 15.5. The quantitative estimate of drug-likeness (QED) is 0.602. The van der Waals surface area contributed by atoms with Crippen molar-refractivity contribution < 1.29 is 0 Å². The number of hydrogen-bond acceptors (Lipinski definition) is 5. The first-order chi connectivity index (χ1) is 10.3. The number of nitrogens with zero attached hydrogens (tertiary/aromatic N) is 4. The summed E-state index contributed by atoms with van der Waals surface area (Å²) in [7, 11) is 0. The predicted molar refractivity (Wildman–Crippen MR) is 81.1 cm³/mol. The molecule has 0 unspecified atom stereocenters. The highest BCUT2D eigenvalue weighted by Gasteiger charge is 2.05. The summed E-state index contributed by atoms with van der Waals surface area (Å²) in [5, 5.41) is 25.4. The van der Waals surface area contributed by atoms with Crippen LogP contribution in [0.1, 0.15) is 37.6 Å². The standard InChI is InChI=1S/C15H18N6/c1-2-3-4-5-12-6-8-14(9-7-12)17-11-13(10-16)15-18-20-21-19-15/h6-9,11,17H,2-5H2,1H3,(H,18,19,20,21). The first kappa shape index (κ1) is 14.7. The van der Waals surface area contributed by atoms with Gasteiger partial charge in [0.15, 0.2) is 0 Å². The summed E-state index contributed by atoms with van der Waals surface area (Å²) >= 11 is 0. The van der Waals surface area contributed by atoms with Gasteiger partial charge in [-0.3, -0.25) is 0 Å². The van der Waals surface area contributed by atoms with E-state index in [1.807, 2.05) is 18.2 Å². The van der Waals surface area contributed by atoms with Gasteiger partial charge in [-0.2, -0.15) is 10.5 Å². The van der Waals surface area contributed by atoms with Gasteiger partial charge in [0.05, 0.1) is 0 Å². The van der Waals surface area contributed by atoms with E-state index in [1.165, 1.54) is 24.8 Å². The molecule has 0 spiro atoms. The maximum Gasteiger partial charge on any atom is 0.216 e. The van der Waals surface area contributed by atoms with Crippen molar-refractivity contribution in [3.05, 3.63) is 41.9 Å². The van der Waals surface area contributed by atoms with E-state index in [0.717, 1.165) is 12.1 Å². The third kappa shape index (κ3) is 4.42. The third-order valence-corrected chi connectivity index (χ3v) is 3.11. The number of aromatic nitrogens is 4. The van der Waals surface area contributed by atoms with Crippen LogP contribution >= 0.6 is 0 Å². The molecule has 2 rings (SSSR count). The van der Waals surface area contributed by atoms with Crippen molar-refractivity contribution in [3.63, 3.8) is 0 Å². The summed E-state index contributed by atoms with van der Waals surface area (Å²) in [6.07, 6.45) is 6.41. The normalized spacial score (nSPS) is 11.1. The van der Waals surface area contributed by atoms with Gasteiger partial charge in [0.2, 0.25) is 5.82 Å². The number of H-pyrrole nitrogens is 1. The molecule has 1 aromatic heterocycles. The number of unbranched alkanes of at least 4 members (excludes halogenated alkanes) is 2. The number of hydrogen-bond donors (Lipinski definition) is 2. The zero-order valence-corrected chi connectivity index (χ0v) is 12.0. The van der Waals surface area contributed by atoms with Crippen LogP contribution < -0.4 is 5.32 Å². The molecule has 0 aliphatic heterocycles. The minimum absolute atomic E-state index is 0.279. The average molecular weight is 282 g/mol. The Bertz CT molecular complexity index is 607. The molecule has 0 fully saturated rings. The average Bonchev–Trinajstić information content (AvgIpc) is 3.04. The molecule has 1 aromatic carbocycles. The van der Waals surface area contributed by atoms with Crippen molar-refractivity contribution >= 4 is 11.3 Å². The number of benzene rings is 1. The number of anilines is 1. The lowest BCUT2D eigenvalue weighted by Crippen LogP contribution is -1.93. The number of rotatable bonds is 7. The van der Waals surface area contributed by atoms with E-state index in [9.17, 15) is 0 Å². The van der Waals surface area contributed by atoms with E-state index in [1.54, 1.807) is 6.20 Å². The minimum Gasteiger partial charge on any atom is -0.360 e. The van der Waals surface area contributed by atoms with Gasteiger partial charge in [-0.1, -0.05) is 31.9 Å². The molecule has 0 amide bonds. The van der Waals surface area contributed by atoms with Gasteiger partial charge < -0.3 is 5.32 Å². The molecule has 21 heavy (non-hydrogen) atoms. The first-order valence-electron chi connectivity index (χ1n) is 7.03. The molecule has 0 aliphatic rings. The Hall–Kier alpha value is -2.68. The Balaban J connectivity index is 1.95. The van der Waals surface area contributed by atoms with Gasteiger partial charge in [-0.05, 0) is 35.8 Å². The summed E-state index contributed by atoms with van der Waals surface area (Å²) in [6, 6.07) is 10.2. The molecule has 2 aromatic rings. The Kier molecular flexibility index (Phi) is 5.47. The second-order valence-electron chi connectivity index (χ2n) is 4.70. The van der Waals surface area contributed by atoms with Crippen LogP contribution in [0.4, 0.5) is 5.69 Å². The van der Waals surface area contributed by atoms with Gasteiger partial charge in [-0.15, -0.1) is 10.2 Å². The Morgan fingerprint density at radius 2 is 2.14 bits per heavy atom. The van der Waals surface area contributed by atoms with Crippen LogP contribution in [0.5, 0.6) is 0 Å². The fraction of sp³-hybridized carbons (Fsp3) is 0.333. The number of nitriles is 1. The fourth-order valence-corrected chi connectivity index (χ4v) is 1.92. The van der Waals surface area contributed by atoms with Crippen LogP contribution in [0.3, 0.4) is 0 Å². The molecule has 6 nitrogen and oxygen atoms in total. The monoisotopic (exact) mass is 282 g/mol. The van der Waals surface area contributed by atoms with Crippen molar-refractivity contribution in [1.29, 1.82) is 5.26 Å². The summed E-state index contributed by atoms with van der Waals surface area (Å²) < 4.78 is 0. The minimum atomic E-state index is 0.279. The maximum atomic E-state index is 9.06.